The number of halogens is 2. The lowest BCUT2D eigenvalue weighted by molar-refractivity contribution is 0.102. The summed E-state index contributed by atoms with van der Waals surface area (Å²) in [5, 5.41) is 12.8. The predicted octanol–water partition coefficient (Wildman–Crippen LogP) is 4.08. The first-order valence-electron chi connectivity index (χ1n) is 12.6. The van der Waals surface area contributed by atoms with Gasteiger partial charge in [-0.1, -0.05) is 19.9 Å². The lowest BCUT2D eigenvalue weighted by Gasteiger charge is -2.30. The van der Waals surface area contributed by atoms with E-state index in [-0.39, 0.29) is 23.2 Å². The number of carbonyl (C=O) groups excluding carboxylic acids is 1. The van der Waals surface area contributed by atoms with Crippen molar-refractivity contribution in [3.63, 3.8) is 0 Å². The fraction of sp³-hybridized carbons (Fsp3) is 0.357. The third-order valence-corrected chi connectivity index (χ3v) is 7.06. The molecule has 1 aliphatic rings. The summed E-state index contributed by atoms with van der Waals surface area (Å²) in [5.41, 5.74) is 7.60. The number of aromatic nitrogens is 2. The van der Waals surface area contributed by atoms with Crippen LogP contribution >= 0.6 is 0 Å². The third-order valence-electron chi connectivity index (χ3n) is 7.06. The van der Waals surface area contributed by atoms with Crippen LogP contribution in [0.25, 0.3) is 5.69 Å². The molecule has 0 spiro atoms. The summed E-state index contributed by atoms with van der Waals surface area (Å²) < 4.78 is 29.3. The first-order chi connectivity index (χ1) is 18.4. The highest BCUT2D eigenvalue weighted by Gasteiger charge is 2.38. The Morgan fingerprint density at radius 2 is 1.85 bits per heavy atom. The number of anilines is 3. The molecular formula is C28H33F2N7O2. The van der Waals surface area contributed by atoms with E-state index in [0.717, 1.165) is 35.1 Å². The molecule has 9 nitrogen and oxygen atoms in total. The van der Waals surface area contributed by atoms with Crippen LogP contribution in [0.2, 0.25) is 0 Å². The van der Waals surface area contributed by atoms with Crippen LogP contribution in [0.5, 0.6) is 0 Å². The van der Waals surface area contributed by atoms with Crippen molar-refractivity contribution in [1.82, 2.24) is 9.78 Å². The molecule has 11 heteroatoms. The summed E-state index contributed by atoms with van der Waals surface area (Å²) in [7, 11) is 0. The van der Waals surface area contributed by atoms with Gasteiger partial charge in [0.15, 0.2) is 11.6 Å². The van der Waals surface area contributed by atoms with E-state index in [0.29, 0.717) is 23.5 Å². The second-order valence-electron chi connectivity index (χ2n) is 10.7. The van der Waals surface area contributed by atoms with Crippen LogP contribution < -0.4 is 26.5 Å². The van der Waals surface area contributed by atoms with Crippen molar-refractivity contribution in [2.75, 3.05) is 28.3 Å². The lowest BCUT2D eigenvalue weighted by atomic mass is 9.89. The van der Waals surface area contributed by atoms with Gasteiger partial charge in [-0.2, -0.15) is 14.9 Å². The van der Waals surface area contributed by atoms with Crippen LogP contribution in [-0.4, -0.2) is 47.6 Å². The van der Waals surface area contributed by atoms with E-state index in [4.69, 9.17) is 5.73 Å². The normalized spacial score (nSPS) is 16.4. The molecule has 1 aliphatic heterocycles. The molecule has 39 heavy (non-hydrogen) atoms. The molecule has 0 saturated carbocycles. The fourth-order valence-electron chi connectivity index (χ4n) is 4.86. The molecule has 2 heterocycles. The smallest absolute Gasteiger partial charge is 0.276 e. The fourth-order valence-corrected chi connectivity index (χ4v) is 4.86. The van der Waals surface area contributed by atoms with Gasteiger partial charge in [-0.15, -0.1) is 0 Å². The number of benzene rings is 2. The molecule has 1 saturated heterocycles. The zero-order valence-electron chi connectivity index (χ0n) is 22.7. The maximum absolute atomic E-state index is 14.4. The summed E-state index contributed by atoms with van der Waals surface area (Å²) in [5.74, 6) is -2.61. The zero-order chi connectivity index (χ0) is 28.6. The molecule has 206 valence electrons. The van der Waals surface area contributed by atoms with Crippen LogP contribution in [0.15, 0.2) is 52.4 Å². The van der Waals surface area contributed by atoms with E-state index in [1.165, 1.54) is 12.1 Å². The van der Waals surface area contributed by atoms with Crippen LogP contribution in [-0.2, 0) is 0 Å². The number of hydrogen-bond acceptors (Lipinski definition) is 7. The Hall–Kier alpha value is -4.12. The molecule has 3 aromatic rings. The monoisotopic (exact) mass is 537 g/mol. The minimum absolute atomic E-state index is 0.0378. The molecule has 2 aromatic carbocycles. The number of nitrogens with two attached hydrogens (primary N) is 1. The van der Waals surface area contributed by atoms with Crippen molar-refractivity contribution in [1.29, 1.82) is 0 Å². The first kappa shape index (κ1) is 27.9. The van der Waals surface area contributed by atoms with Crippen molar-refractivity contribution in [2.24, 2.45) is 16.3 Å². The molecule has 1 atom stereocenters. The van der Waals surface area contributed by atoms with Crippen molar-refractivity contribution in [3.8, 4) is 5.69 Å². The Balaban J connectivity index is 1.77. The number of nitrogens with one attached hydrogen (secondary N) is 1. The highest BCUT2D eigenvalue weighted by Crippen LogP contribution is 2.42. The number of hydrazone groups is 1. The van der Waals surface area contributed by atoms with Crippen molar-refractivity contribution < 1.29 is 13.6 Å². The number of rotatable bonds is 7. The SMILES string of the molecule is C=NN(c1ccc(NC(=O)c2ccc(=O)n(-c3c(F)cccc3F)n2)c(N2C[C@H](N)C(C)(C)C2)c1C)C(C)C. The van der Waals surface area contributed by atoms with Crippen LogP contribution in [0.3, 0.4) is 0 Å². The van der Waals surface area contributed by atoms with Gasteiger partial charge in [0.2, 0.25) is 0 Å². The molecule has 4 rings (SSSR count). The Labute approximate surface area is 225 Å². The molecule has 0 unspecified atom stereocenters. The molecule has 1 aromatic heterocycles. The van der Waals surface area contributed by atoms with E-state index in [9.17, 15) is 18.4 Å². The average Bonchev–Trinajstić information content (AvgIpc) is 3.13. The third kappa shape index (κ3) is 5.26. The quantitative estimate of drug-likeness (QED) is 0.347. The number of hydrogen-bond donors (Lipinski definition) is 2. The Kier molecular flexibility index (Phi) is 7.56. The number of amides is 1. The Morgan fingerprint density at radius 3 is 2.41 bits per heavy atom. The van der Waals surface area contributed by atoms with Gasteiger partial charge in [0.05, 0.1) is 17.1 Å². The second-order valence-corrected chi connectivity index (χ2v) is 10.7. The van der Waals surface area contributed by atoms with Crippen LogP contribution in [0.4, 0.5) is 25.8 Å². The van der Waals surface area contributed by atoms with Crippen LogP contribution in [0.1, 0.15) is 43.7 Å². The Bertz CT molecular complexity index is 1460. The number of carbonyl (C=O) groups is 1. The van der Waals surface area contributed by atoms with Gasteiger partial charge in [-0.3, -0.25) is 14.6 Å². The molecule has 1 fully saturated rings. The number of nitrogens with zero attached hydrogens (tertiary/aromatic N) is 5. The summed E-state index contributed by atoms with van der Waals surface area (Å²) in [6.07, 6.45) is 0. The zero-order valence-corrected chi connectivity index (χ0v) is 22.7. The summed E-state index contributed by atoms with van der Waals surface area (Å²) in [6.45, 7) is 15.1. The van der Waals surface area contributed by atoms with Crippen molar-refractivity contribution in [2.45, 2.75) is 46.7 Å². The highest BCUT2D eigenvalue weighted by atomic mass is 19.1. The van der Waals surface area contributed by atoms with Gasteiger partial charge >= 0.3 is 0 Å². The number of para-hydroxylation sites is 1. The molecule has 1 amide bonds. The molecule has 0 bridgehead atoms. The van der Waals surface area contributed by atoms with E-state index >= 15 is 0 Å². The first-order valence-corrected chi connectivity index (χ1v) is 12.6. The molecule has 3 N–H and O–H groups in total. The highest BCUT2D eigenvalue weighted by molar-refractivity contribution is 6.05. The standard InChI is InChI=1S/C28H33F2N7O2/c1-16(2)36(32-6)22-12-10-20(25(17(22)3)35-14-23(31)28(4,5)15-35)33-27(39)21-11-13-24(38)37(34-21)26-18(29)8-7-9-19(26)30/h7-13,16,23H,6,14-15,31H2,1-5H3,(H,33,39)/t23-/m0/s1. The summed E-state index contributed by atoms with van der Waals surface area (Å²) in [4.78, 5) is 27.9. The summed E-state index contributed by atoms with van der Waals surface area (Å²) >= 11 is 0. The molecular weight excluding hydrogens is 504 g/mol. The largest absolute Gasteiger partial charge is 0.367 e. The lowest BCUT2D eigenvalue weighted by Crippen LogP contribution is -2.35. The van der Waals surface area contributed by atoms with Crippen LogP contribution in [0, 0.1) is 24.0 Å². The van der Waals surface area contributed by atoms with E-state index in [1.54, 1.807) is 11.1 Å². The van der Waals surface area contributed by atoms with Crippen molar-refractivity contribution >= 4 is 29.7 Å². The minimum Gasteiger partial charge on any atom is -0.367 e. The van der Waals surface area contributed by atoms with Gasteiger partial charge in [0.1, 0.15) is 11.4 Å². The maximum atomic E-state index is 14.4. The second kappa shape index (κ2) is 10.6. The van der Waals surface area contributed by atoms with Gasteiger partial charge < -0.3 is 16.0 Å². The minimum atomic E-state index is -0.978. The van der Waals surface area contributed by atoms with E-state index in [1.807, 2.05) is 26.8 Å². The van der Waals surface area contributed by atoms with Gasteiger partial charge in [-0.25, -0.2) is 8.78 Å². The average molecular weight is 538 g/mol. The van der Waals surface area contributed by atoms with E-state index < -0.39 is 28.8 Å². The summed E-state index contributed by atoms with van der Waals surface area (Å²) in [6, 6.07) is 9.00. The van der Waals surface area contributed by atoms with E-state index in [2.05, 4.69) is 41.0 Å². The van der Waals surface area contributed by atoms with Gasteiger partial charge in [-0.05, 0) is 62.1 Å². The Morgan fingerprint density at radius 1 is 1.18 bits per heavy atom. The van der Waals surface area contributed by atoms with Gasteiger partial charge in [0, 0.05) is 38.0 Å². The molecule has 0 radical (unpaired) electrons. The molecule has 0 aliphatic carbocycles. The van der Waals surface area contributed by atoms with Crippen molar-refractivity contribution in [3.05, 3.63) is 75.7 Å². The maximum Gasteiger partial charge on any atom is 0.276 e. The van der Waals surface area contributed by atoms with Gasteiger partial charge in [0.25, 0.3) is 11.5 Å². The predicted molar refractivity (Wildman–Crippen MR) is 150 cm³/mol. The topological polar surface area (TPSA) is 109 Å².